The van der Waals surface area contributed by atoms with Crippen LogP contribution in [-0.4, -0.2) is 55.9 Å². The minimum absolute atomic E-state index is 0.0408. The molecule has 104 valence electrons. The van der Waals surface area contributed by atoms with Crippen LogP contribution in [0.1, 0.15) is 32.6 Å². The molecule has 0 unspecified atom stereocenters. The number of nitrogens with zero attached hydrogens (tertiary/aromatic N) is 1. The average molecular weight is 255 g/mol. The van der Waals surface area contributed by atoms with Crippen molar-refractivity contribution in [2.45, 2.75) is 50.7 Å². The van der Waals surface area contributed by atoms with Crippen molar-refractivity contribution in [3.05, 3.63) is 0 Å². The molecule has 5 nitrogen and oxygen atoms in total. The SMILES string of the molecule is COCCCNC(=O)N[C@H]1C[C@@H](C)N(C2CC2)C1. The predicted octanol–water partition coefficient (Wildman–Crippen LogP) is 0.947. The van der Waals surface area contributed by atoms with E-state index in [-0.39, 0.29) is 6.03 Å². The van der Waals surface area contributed by atoms with Crippen molar-refractivity contribution in [3.63, 3.8) is 0 Å². The number of rotatable bonds is 6. The van der Waals surface area contributed by atoms with Gasteiger partial charge in [0.25, 0.3) is 0 Å². The van der Waals surface area contributed by atoms with Gasteiger partial charge in [-0.1, -0.05) is 0 Å². The normalized spacial score (nSPS) is 28.3. The fourth-order valence-corrected chi connectivity index (χ4v) is 2.73. The number of carbonyl (C=O) groups is 1. The minimum atomic E-state index is -0.0408. The lowest BCUT2D eigenvalue weighted by Crippen LogP contribution is -2.43. The van der Waals surface area contributed by atoms with Crippen LogP contribution in [-0.2, 0) is 4.74 Å². The van der Waals surface area contributed by atoms with Crippen LogP contribution in [0.5, 0.6) is 0 Å². The Labute approximate surface area is 109 Å². The fourth-order valence-electron chi connectivity index (χ4n) is 2.73. The largest absolute Gasteiger partial charge is 0.385 e. The van der Waals surface area contributed by atoms with E-state index in [1.54, 1.807) is 7.11 Å². The molecule has 1 heterocycles. The van der Waals surface area contributed by atoms with Crippen molar-refractivity contribution in [1.82, 2.24) is 15.5 Å². The van der Waals surface area contributed by atoms with Crippen LogP contribution in [0, 0.1) is 0 Å². The first-order valence-electron chi connectivity index (χ1n) is 6.99. The number of hydrogen-bond acceptors (Lipinski definition) is 3. The zero-order valence-corrected chi connectivity index (χ0v) is 11.4. The highest BCUT2D eigenvalue weighted by molar-refractivity contribution is 5.74. The molecule has 2 N–H and O–H groups in total. The van der Waals surface area contributed by atoms with Gasteiger partial charge in [-0.15, -0.1) is 0 Å². The lowest BCUT2D eigenvalue weighted by atomic mass is 10.2. The summed E-state index contributed by atoms with van der Waals surface area (Å²) in [5, 5.41) is 5.94. The zero-order valence-electron chi connectivity index (χ0n) is 11.4. The van der Waals surface area contributed by atoms with Crippen LogP contribution in [0.15, 0.2) is 0 Å². The van der Waals surface area contributed by atoms with Crippen LogP contribution in [0.25, 0.3) is 0 Å². The lowest BCUT2D eigenvalue weighted by Gasteiger charge is -2.19. The number of methoxy groups -OCH3 is 1. The first-order valence-corrected chi connectivity index (χ1v) is 6.99. The highest BCUT2D eigenvalue weighted by atomic mass is 16.5. The summed E-state index contributed by atoms with van der Waals surface area (Å²) in [7, 11) is 1.67. The molecule has 1 saturated heterocycles. The molecule has 5 heteroatoms. The van der Waals surface area contributed by atoms with Crippen LogP contribution < -0.4 is 10.6 Å². The van der Waals surface area contributed by atoms with Crippen LogP contribution in [0.3, 0.4) is 0 Å². The van der Waals surface area contributed by atoms with E-state index in [0.29, 0.717) is 25.2 Å². The maximum Gasteiger partial charge on any atom is 0.315 e. The first kappa shape index (κ1) is 13.6. The summed E-state index contributed by atoms with van der Waals surface area (Å²) < 4.78 is 4.94. The third-order valence-corrected chi connectivity index (χ3v) is 3.78. The maximum absolute atomic E-state index is 11.7. The Morgan fingerprint density at radius 2 is 2.22 bits per heavy atom. The number of urea groups is 1. The van der Waals surface area contributed by atoms with Crippen LogP contribution in [0.4, 0.5) is 4.79 Å². The summed E-state index contributed by atoms with van der Waals surface area (Å²) in [6.07, 6.45) is 4.60. The highest BCUT2D eigenvalue weighted by Crippen LogP contribution is 2.33. The van der Waals surface area contributed by atoms with Gasteiger partial charge in [0.15, 0.2) is 0 Å². The second-order valence-electron chi connectivity index (χ2n) is 5.46. The topological polar surface area (TPSA) is 53.6 Å². The number of nitrogens with one attached hydrogen (secondary N) is 2. The van der Waals surface area contributed by atoms with Gasteiger partial charge in [0.2, 0.25) is 0 Å². The van der Waals surface area contributed by atoms with Gasteiger partial charge in [0.1, 0.15) is 0 Å². The molecule has 0 radical (unpaired) electrons. The molecule has 0 aromatic rings. The summed E-state index contributed by atoms with van der Waals surface area (Å²) >= 11 is 0. The smallest absolute Gasteiger partial charge is 0.315 e. The average Bonchev–Trinajstić information content (AvgIpc) is 3.10. The Morgan fingerprint density at radius 1 is 1.44 bits per heavy atom. The standard InChI is InChI=1S/C13H25N3O2/c1-10-8-11(9-16(10)12-4-5-12)15-13(17)14-6-3-7-18-2/h10-12H,3-9H2,1-2H3,(H2,14,15,17)/t10-,11+/m1/s1. The van der Waals surface area contributed by atoms with Gasteiger partial charge in [-0.05, 0) is 32.6 Å². The monoisotopic (exact) mass is 255 g/mol. The molecule has 0 aromatic carbocycles. The Hall–Kier alpha value is -0.810. The summed E-state index contributed by atoms with van der Waals surface area (Å²) in [6, 6.07) is 1.66. The van der Waals surface area contributed by atoms with Gasteiger partial charge in [0.05, 0.1) is 0 Å². The van der Waals surface area contributed by atoms with E-state index in [4.69, 9.17) is 4.74 Å². The van der Waals surface area contributed by atoms with Crippen LogP contribution in [0.2, 0.25) is 0 Å². The Bertz CT molecular complexity index is 281. The third-order valence-electron chi connectivity index (χ3n) is 3.78. The van der Waals surface area contributed by atoms with Gasteiger partial charge in [-0.2, -0.15) is 0 Å². The second-order valence-corrected chi connectivity index (χ2v) is 5.46. The van der Waals surface area contributed by atoms with Crippen molar-refractivity contribution in [1.29, 1.82) is 0 Å². The molecule has 1 aliphatic heterocycles. The molecule has 0 bridgehead atoms. The summed E-state index contributed by atoms with van der Waals surface area (Å²) in [5.41, 5.74) is 0. The van der Waals surface area contributed by atoms with Gasteiger partial charge in [-0.3, -0.25) is 4.90 Å². The van der Waals surface area contributed by atoms with E-state index in [1.165, 1.54) is 12.8 Å². The first-order chi connectivity index (χ1) is 8.70. The third kappa shape index (κ3) is 3.85. The zero-order chi connectivity index (χ0) is 13.0. The molecule has 2 fully saturated rings. The number of ether oxygens (including phenoxy) is 1. The van der Waals surface area contributed by atoms with Crippen molar-refractivity contribution >= 4 is 6.03 Å². The summed E-state index contributed by atoms with van der Waals surface area (Å²) in [6.45, 7) is 4.64. The van der Waals surface area contributed by atoms with Crippen molar-refractivity contribution in [2.75, 3.05) is 26.8 Å². The number of carbonyl (C=O) groups excluding carboxylic acids is 1. The van der Waals surface area contributed by atoms with E-state index in [9.17, 15) is 4.79 Å². The van der Waals surface area contributed by atoms with Gasteiger partial charge in [0, 0.05) is 44.9 Å². The molecule has 0 spiro atoms. The fraction of sp³-hybridized carbons (Fsp3) is 0.923. The minimum Gasteiger partial charge on any atom is -0.385 e. The van der Waals surface area contributed by atoms with Crippen molar-refractivity contribution in [3.8, 4) is 0 Å². The molecular weight excluding hydrogens is 230 g/mol. The molecule has 18 heavy (non-hydrogen) atoms. The molecule has 1 aliphatic carbocycles. The van der Waals surface area contributed by atoms with Gasteiger partial charge >= 0.3 is 6.03 Å². The molecular formula is C13H25N3O2. The van der Waals surface area contributed by atoms with E-state index in [2.05, 4.69) is 22.5 Å². The van der Waals surface area contributed by atoms with E-state index < -0.39 is 0 Å². The summed E-state index contributed by atoms with van der Waals surface area (Å²) in [5.74, 6) is 0. The molecule has 2 rings (SSSR count). The molecule has 2 amide bonds. The number of amides is 2. The maximum atomic E-state index is 11.7. The summed E-state index contributed by atoms with van der Waals surface area (Å²) in [4.78, 5) is 14.2. The quantitative estimate of drug-likeness (QED) is 0.695. The van der Waals surface area contributed by atoms with Crippen molar-refractivity contribution < 1.29 is 9.53 Å². The second kappa shape index (κ2) is 6.38. The number of hydrogen-bond donors (Lipinski definition) is 2. The van der Waals surface area contributed by atoms with E-state index >= 15 is 0 Å². The molecule has 1 saturated carbocycles. The highest BCUT2D eigenvalue weighted by Gasteiger charge is 2.39. The molecule has 2 atom stereocenters. The van der Waals surface area contributed by atoms with Crippen LogP contribution >= 0.6 is 0 Å². The Morgan fingerprint density at radius 3 is 2.89 bits per heavy atom. The van der Waals surface area contributed by atoms with E-state index in [1.807, 2.05) is 0 Å². The lowest BCUT2D eigenvalue weighted by molar-refractivity contribution is 0.193. The number of likely N-dealkylation sites (tertiary alicyclic amines) is 1. The Balaban J connectivity index is 1.62. The van der Waals surface area contributed by atoms with Gasteiger partial charge < -0.3 is 15.4 Å². The molecule has 0 aromatic heterocycles. The van der Waals surface area contributed by atoms with Crippen molar-refractivity contribution in [2.24, 2.45) is 0 Å². The van der Waals surface area contributed by atoms with E-state index in [0.717, 1.165) is 25.4 Å². The predicted molar refractivity (Wildman–Crippen MR) is 70.6 cm³/mol. The Kier molecular flexibility index (Phi) is 4.83. The molecule has 2 aliphatic rings. The van der Waals surface area contributed by atoms with Gasteiger partial charge in [-0.25, -0.2) is 4.79 Å².